The number of benzene rings is 2. The minimum atomic E-state index is -3.58. The Morgan fingerprint density at radius 2 is 1.69 bits per heavy atom. The lowest BCUT2D eigenvalue weighted by Gasteiger charge is -2.28. The molecule has 2 aromatic rings. The predicted octanol–water partition coefficient (Wildman–Crippen LogP) is 2.90. The third-order valence-corrected chi connectivity index (χ3v) is 5.40. The predicted molar refractivity (Wildman–Crippen MR) is 106 cm³/mol. The summed E-state index contributed by atoms with van der Waals surface area (Å²) < 4.78 is 25.6. The average molecular weight is 375 g/mol. The van der Waals surface area contributed by atoms with Gasteiger partial charge in [0.2, 0.25) is 15.9 Å². The zero-order valence-electron chi connectivity index (χ0n) is 15.5. The smallest absolute Gasteiger partial charge is 0.243 e. The van der Waals surface area contributed by atoms with Crippen molar-refractivity contribution in [1.82, 2.24) is 5.32 Å². The summed E-state index contributed by atoms with van der Waals surface area (Å²) >= 11 is 0. The summed E-state index contributed by atoms with van der Waals surface area (Å²) in [6.07, 6.45) is 2.78. The number of nitrogens with zero attached hydrogens (tertiary/aromatic N) is 1. The van der Waals surface area contributed by atoms with Crippen LogP contribution < -0.4 is 9.62 Å². The maximum Gasteiger partial charge on any atom is 0.243 e. The van der Waals surface area contributed by atoms with Gasteiger partial charge in [-0.25, -0.2) is 8.42 Å². The van der Waals surface area contributed by atoms with Gasteiger partial charge in [-0.2, -0.15) is 0 Å². The van der Waals surface area contributed by atoms with E-state index < -0.39 is 16.1 Å². The van der Waals surface area contributed by atoms with Crippen LogP contribution in [0.3, 0.4) is 0 Å². The molecule has 1 N–H and O–H groups in total. The maximum absolute atomic E-state index is 12.5. The van der Waals surface area contributed by atoms with Crippen LogP contribution in [0.5, 0.6) is 0 Å². The zero-order chi connectivity index (χ0) is 19.2. The van der Waals surface area contributed by atoms with E-state index in [4.69, 9.17) is 0 Å². The van der Waals surface area contributed by atoms with E-state index in [0.29, 0.717) is 12.2 Å². The van der Waals surface area contributed by atoms with Gasteiger partial charge in [-0.1, -0.05) is 48.0 Å². The Morgan fingerprint density at radius 1 is 1.08 bits per heavy atom. The average Bonchev–Trinajstić information content (AvgIpc) is 2.60. The van der Waals surface area contributed by atoms with E-state index in [1.54, 1.807) is 19.1 Å². The Kier molecular flexibility index (Phi) is 6.80. The van der Waals surface area contributed by atoms with Crippen LogP contribution >= 0.6 is 0 Å². The SMILES string of the molecule is Cc1ccc(N([C@@H](C)C(=O)NCCCc2ccccc2)S(C)(=O)=O)cc1. The van der Waals surface area contributed by atoms with Crippen LogP contribution in [0.4, 0.5) is 5.69 Å². The lowest BCUT2D eigenvalue weighted by atomic mass is 10.1. The molecule has 5 nitrogen and oxygen atoms in total. The summed E-state index contributed by atoms with van der Waals surface area (Å²) in [5, 5.41) is 2.84. The van der Waals surface area contributed by atoms with Crippen LogP contribution in [-0.2, 0) is 21.2 Å². The van der Waals surface area contributed by atoms with Crippen LogP contribution in [-0.4, -0.2) is 33.2 Å². The second kappa shape index (κ2) is 8.85. The highest BCUT2D eigenvalue weighted by Crippen LogP contribution is 2.21. The number of amides is 1. The van der Waals surface area contributed by atoms with E-state index in [1.165, 1.54) is 9.87 Å². The number of hydrogen-bond acceptors (Lipinski definition) is 3. The number of nitrogens with one attached hydrogen (secondary N) is 1. The molecule has 0 heterocycles. The largest absolute Gasteiger partial charge is 0.354 e. The third-order valence-electron chi connectivity index (χ3n) is 4.16. The first-order chi connectivity index (χ1) is 12.3. The van der Waals surface area contributed by atoms with Gasteiger partial charge in [0.05, 0.1) is 11.9 Å². The Balaban J connectivity index is 1.98. The quantitative estimate of drug-likeness (QED) is 0.723. The second-order valence-corrected chi connectivity index (χ2v) is 8.31. The van der Waals surface area contributed by atoms with Gasteiger partial charge in [0.1, 0.15) is 6.04 Å². The minimum Gasteiger partial charge on any atom is -0.354 e. The van der Waals surface area contributed by atoms with Gasteiger partial charge >= 0.3 is 0 Å². The summed E-state index contributed by atoms with van der Waals surface area (Å²) in [5.41, 5.74) is 2.73. The lowest BCUT2D eigenvalue weighted by molar-refractivity contribution is -0.121. The Morgan fingerprint density at radius 3 is 2.27 bits per heavy atom. The second-order valence-electron chi connectivity index (χ2n) is 6.45. The maximum atomic E-state index is 12.5. The summed E-state index contributed by atoms with van der Waals surface area (Å²) in [6.45, 7) is 4.04. The summed E-state index contributed by atoms with van der Waals surface area (Å²) in [5.74, 6) is -0.302. The summed E-state index contributed by atoms with van der Waals surface area (Å²) in [6, 6.07) is 16.3. The fourth-order valence-electron chi connectivity index (χ4n) is 2.80. The molecule has 0 fully saturated rings. The molecule has 6 heteroatoms. The van der Waals surface area contributed by atoms with Gasteiger partial charge in [0.15, 0.2) is 0 Å². The van der Waals surface area contributed by atoms with E-state index in [-0.39, 0.29) is 5.91 Å². The van der Waals surface area contributed by atoms with Gasteiger partial charge in [0, 0.05) is 6.54 Å². The standard InChI is InChI=1S/C20H26N2O3S/c1-16-11-13-19(14-12-16)22(26(3,24)25)17(2)20(23)21-15-7-10-18-8-5-4-6-9-18/h4-6,8-9,11-14,17H,7,10,15H2,1-3H3,(H,21,23)/t17-/m0/s1. The van der Waals surface area contributed by atoms with Gasteiger partial charge in [-0.05, 0) is 44.4 Å². The highest BCUT2D eigenvalue weighted by molar-refractivity contribution is 7.92. The van der Waals surface area contributed by atoms with Crippen LogP contribution in [0, 0.1) is 6.92 Å². The van der Waals surface area contributed by atoms with E-state index in [0.717, 1.165) is 24.7 Å². The molecule has 1 amide bonds. The van der Waals surface area contributed by atoms with Gasteiger partial charge < -0.3 is 5.32 Å². The van der Waals surface area contributed by atoms with Crippen LogP contribution in [0.15, 0.2) is 54.6 Å². The van der Waals surface area contributed by atoms with Crippen LogP contribution in [0.2, 0.25) is 0 Å². The van der Waals surface area contributed by atoms with Crippen molar-refractivity contribution < 1.29 is 13.2 Å². The number of sulfonamides is 1. The van der Waals surface area contributed by atoms with E-state index in [2.05, 4.69) is 5.32 Å². The molecule has 2 rings (SSSR count). The van der Waals surface area contributed by atoms with E-state index >= 15 is 0 Å². The molecule has 0 saturated heterocycles. The molecule has 0 spiro atoms. The Hall–Kier alpha value is -2.34. The third kappa shape index (κ3) is 5.59. The Bertz CT molecular complexity index is 818. The van der Waals surface area contributed by atoms with Crippen molar-refractivity contribution in [2.75, 3.05) is 17.1 Å². The highest BCUT2D eigenvalue weighted by atomic mass is 32.2. The molecule has 0 radical (unpaired) electrons. The molecule has 0 aliphatic rings. The molecule has 0 unspecified atom stereocenters. The summed E-state index contributed by atoms with van der Waals surface area (Å²) in [4.78, 5) is 12.5. The number of anilines is 1. The van der Waals surface area contributed by atoms with Crippen molar-refractivity contribution in [3.8, 4) is 0 Å². The van der Waals surface area contributed by atoms with Crippen LogP contribution in [0.25, 0.3) is 0 Å². The molecule has 140 valence electrons. The topological polar surface area (TPSA) is 66.5 Å². The van der Waals surface area contributed by atoms with Crippen molar-refractivity contribution in [1.29, 1.82) is 0 Å². The van der Waals surface area contributed by atoms with Crippen molar-refractivity contribution in [3.05, 3.63) is 65.7 Å². The van der Waals surface area contributed by atoms with Gasteiger partial charge in [0.25, 0.3) is 0 Å². The lowest BCUT2D eigenvalue weighted by Crippen LogP contribution is -2.48. The normalized spacial score (nSPS) is 12.4. The molecule has 0 aliphatic carbocycles. The molecule has 0 aliphatic heterocycles. The Labute approximate surface area is 156 Å². The number of hydrogen-bond donors (Lipinski definition) is 1. The molecule has 1 atom stereocenters. The van der Waals surface area contributed by atoms with Gasteiger partial charge in [-0.3, -0.25) is 9.10 Å². The molecular formula is C20H26N2O3S. The first-order valence-corrected chi connectivity index (χ1v) is 10.5. The van der Waals surface area contributed by atoms with Crippen molar-refractivity contribution >= 4 is 21.6 Å². The van der Waals surface area contributed by atoms with Crippen molar-refractivity contribution in [2.24, 2.45) is 0 Å². The first-order valence-electron chi connectivity index (χ1n) is 8.67. The molecule has 0 bridgehead atoms. The zero-order valence-corrected chi connectivity index (χ0v) is 16.3. The minimum absolute atomic E-state index is 0.302. The monoisotopic (exact) mass is 374 g/mol. The molecule has 0 aromatic heterocycles. The molecule has 0 saturated carbocycles. The number of carbonyl (C=O) groups is 1. The fourth-order valence-corrected chi connectivity index (χ4v) is 3.97. The summed E-state index contributed by atoms with van der Waals surface area (Å²) in [7, 11) is -3.58. The van der Waals surface area contributed by atoms with Gasteiger partial charge in [-0.15, -0.1) is 0 Å². The highest BCUT2D eigenvalue weighted by Gasteiger charge is 2.28. The molecule has 2 aromatic carbocycles. The van der Waals surface area contributed by atoms with E-state index in [1.807, 2.05) is 49.4 Å². The molecular weight excluding hydrogens is 348 g/mol. The van der Waals surface area contributed by atoms with Crippen molar-refractivity contribution in [2.45, 2.75) is 32.7 Å². The van der Waals surface area contributed by atoms with Crippen LogP contribution in [0.1, 0.15) is 24.5 Å². The first kappa shape index (κ1) is 20.0. The molecule has 26 heavy (non-hydrogen) atoms. The van der Waals surface area contributed by atoms with E-state index in [9.17, 15) is 13.2 Å². The fraction of sp³-hybridized carbons (Fsp3) is 0.350. The number of aryl methyl sites for hydroxylation is 2. The number of carbonyl (C=O) groups excluding carboxylic acids is 1. The number of rotatable bonds is 8. The van der Waals surface area contributed by atoms with Crippen molar-refractivity contribution in [3.63, 3.8) is 0 Å².